The molecule has 0 bridgehead atoms. The number of rotatable bonds is 7. The molecule has 0 amide bonds. The van der Waals surface area contributed by atoms with E-state index in [0.717, 1.165) is 11.5 Å². The molecule has 0 aromatic carbocycles. The maximum atomic E-state index is 12.1. The van der Waals surface area contributed by atoms with E-state index < -0.39 is 9.84 Å². The monoisotopic (exact) mass is 309 g/mol. The van der Waals surface area contributed by atoms with Gasteiger partial charge in [0.1, 0.15) is 9.90 Å². The largest absolute Gasteiger partial charge is 0.382 e. The molecule has 0 spiro atoms. The number of nitrogens with two attached hydrogens (primary N) is 1. The van der Waals surface area contributed by atoms with Crippen molar-refractivity contribution in [3.8, 4) is 0 Å². The summed E-state index contributed by atoms with van der Waals surface area (Å²) in [5.41, 5.74) is 5.67. The van der Waals surface area contributed by atoms with Gasteiger partial charge in [-0.25, -0.2) is 8.42 Å². The maximum Gasteiger partial charge on any atom is 0.185 e. The zero-order valence-corrected chi connectivity index (χ0v) is 13.2. The highest BCUT2D eigenvalue weighted by Gasteiger charge is 2.24. The van der Waals surface area contributed by atoms with Crippen LogP contribution in [0.5, 0.6) is 0 Å². The molecule has 3 N–H and O–H groups in total. The molecule has 0 aliphatic rings. The van der Waals surface area contributed by atoms with Gasteiger partial charge in [0.15, 0.2) is 15.7 Å². The second-order valence-corrected chi connectivity index (χ2v) is 8.07. The van der Waals surface area contributed by atoms with Crippen LogP contribution < -0.4 is 11.1 Å². The number of anilines is 2. The number of nitrogens with one attached hydrogen (secondary N) is 1. The van der Waals surface area contributed by atoms with Gasteiger partial charge >= 0.3 is 0 Å². The fourth-order valence-electron chi connectivity index (χ4n) is 1.40. The van der Waals surface area contributed by atoms with Gasteiger partial charge in [-0.1, -0.05) is 13.8 Å². The third kappa shape index (κ3) is 3.76. The molecule has 18 heavy (non-hydrogen) atoms. The molecule has 8 heteroatoms. The Kier molecular flexibility index (Phi) is 5.74. The zero-order chi connectivity index (χ0) is 13.8. The van der Waals surface area contributed by atoms with Crippen molar-refractivity contribution in [1.82, 2.24) is 4.37 Å². The normalized spacial score (nSPS) is 13.5. The first-order valence-electron chi connectivity index (χ1n) is 5.67. The van der Waals surface area contributed by atoms with Crippen LogP contribution in [0.1, 0.15) is 20.3 Å². The van der Waals surface area contributed by atoms with Crippen molar-refractivity contribution < 1.29 is 8.42 Å². The van der Waals surface area contributed by atoms with Crippen LogP contribution in [0.3, 0.4) is 0 Å². The van der Waals surface area contributed by atoms with E-state index in [0.29, 0.717) is 23.2 Å². The highest BCUT2D eigenvalue weighted by Crippen LogP contribution is 2.32. The summed E-state index contributed by atoms with van der Waals surface area (Å²) >= 11 is 2.82. The predicted molar refractivity (Wildman–Crippen MR) is 80.3 cm³/mol. The predicted octanol–water partition coefficient (Wildman–Crippen LogP) is 2.07. The van der Waals surface area contributed by atoms with E-state index in [4.69, 9.17) is 5.73 Å². The van der Waals surface area contributed by atoms with Crippen LogP contribution in [0.15, 0.2) is 4.90 Å². The highest BCUT2D eigenvalue weighted by molar-refractivity contribution is 7.99. The first-order valence-corrected chi connectivity index (χ1v) is 9.38. The van der Waals surface area contributed by atoms with Crippen LogP contribution in [0, 0.1) is 0 Å². The molecule has 1 unspecified atom stereocenters. The quantitative estimate of drug-likeness (QED) is 0.802. The number of sulfone groups is 1. The van der Waals surface area contributed by atoms with Gasteiger partial charge in [0.25, 0.3) is 0 Å². The van der Waals surface area contributed by atoms with Crippen LogP contribution in [0.25, 0.3) is 0 Å². The molecule has 0 fully saturated rings. The number of nitrogen functional groups attached to an aromatic ring is 1. The Morgan fingerprint density at radius 3 is 2.78 bits per heavy atom. The molecule has 1 rings (SSSR count). The van der Waals surface area contributed by atoms with Crippen molar-refractivity contribution in [2.45, 2.75) is 30.4 Å². The van der Waals surface area contributed by atoms with Gasteiger partial charge in [-0.15, -0.1) is 0 Å². The minimum atomic E-state index is -3.33. The number of hydrogen-bond acceptors (Lipinski definition) is 7. The molecule has 1 aromatic rings. The van der Waals surface area contributed by atoms with Crippen molar-refractivity contribution in [2.24, 2.45) is 0 Å². The third-order valence-electron chi connectivity index (χ3n) is 2.41. The van der Waals surface area contributed by atoms with E-state index in [2.05, 4.69) is 16.6 Å². The van der Waals surface area contributed by atoms with E-state index >= 15 is 0 Å². The van der Waals surface area contributed by atoms with Crippen LogP contribution in [0.4, 0.5) is 10.8 Å². The summed E-state index contributed by atoms with van der Waals surface area (Å²) < 4.78 is 28.1. The lowest BCUT2D eigenvalue weighted by molar-refractivity contribution is 0.595. The van der Waals surface area contributed by atoms with Crippen molar-refractivity contribution in [3.63, 3.8) is 0 Å². The molecule has 1 heterocycles. The lowest BCUT2D eigenvalue weighted by Crippen LogP contribution is -2.15. The van der Waals surface area contributed by atoms with Gasteiger partial charge in [-0.05, 0) is 24.2 Å². The highest BCUT2D eigenvalue weighted by atomic mass is 32.2. The van der Waals surface area contributed by atoms with E-state index in [9.17, 15) is 8.42 Å². The van der Waals surface area contributed by atoms with Gasteiger partial charge < -0.3 is 11.1 Å². The number of nitrogens with zero attached hydrogens (tertiary/aromatic N) is 1. The molecular formula is C10H19N3O2S3. The van der Waals surface area contributed by atoms with E-state index in [1.807, 2.05) is 13.2 Å². The Balaban J connectivity index is 2.95. The molecule has 0 aliphatic carbocycles. The number of aromatic nitrogens is 1. The van der Waals surface area contributed by atoms with Gasteiger partial charge in [0.05, 0.1) is 5.75 Å². The molecule has 0 radical (unpaired) electrons. The molecule has 0 saturated heterocycles. The summed E-state index contributed by atoms with van der Waals surface area (Å²) in [6.45, 7) is 4.59. The summed E-state index contributed by atoms with van der Waals surface area (Å²) in [7, 11) is -3.33. The maximum absolute atomic E-state index is 12.1. The first kappa shape index (κ1) is 15.6. The second-order valence-electron chi connectivity index (χ2n) is 3.97. The van der Waals surface area contributed by atoms with E-state index in [-0.39, 0.29) is 16.5 Å². The minimum Gasteiger partial charge on any atom is -0.382 e. The molecule has 0 saturated carbocycles. The lowest BCUT2D eigenvalue weighted by atomic mass is 10.4. The van der Waals surface area contributed by atoms with Crippen LogP contribution in [0.2, 0.25) is 0 Å². The Bertz CT molecular complexity index is 485. The lowest BCUT2D eigenvalue weighted by Gasteiger charge is -2.11. The van der Waals surface area contributed by atoms with Gasteiger partial charge in [0, 0.05) is 11.8 Å². The topological polar surface area (TPSA) is 85.1 Å². The summed E-state index contributed by atoms with van der Waals surface area (Å²) in [6.07, 6.45) is 2.58. The molecule has 5 nitrogen and oxygen atoms in total. The fraction of sp³-hybridized carbons (Fsp3) is 0.700. The Hall–Kier alpha value is -0.470. The summed E-state index contributed by atoms with van der Waals surface area (Å²) in [5, 5.41) is 4.08. The van der Waals surface area contributed by atoms with Crippen LogP contribution in [-0.2, 0) is 9.84 Å². The molecular weight excluding hydrogens is 290 g/mol. The van der Waals surface area contributed by atoms with Gasteiger partial charge in [0.2, 0.25) is 0 Å². The van der Waals surface area contributed by atoms with E-state index in [1.54, 1.807) is 11.8 Å². The van der Waals surface area contributed by atoms with Crippen molar-refractivity contribution >= 4 is 44.0 Å². The Morgan fingerprint density at radius 2 is 2.22 bits per heavy atom. The zero-order valence-electron chi connectivity index (χ0n) is 10.8. The summed E-state index contributed by atoms with van der Waals surface area (Å²) in [6, 6.07) is 0. The molecule has 1 atom stereocenters. The summed E-state index contributed by atoms with van der Waals surface area (Å²) in [5.74, 6) is 0.204. The third-order valence-corrected chi connectivity index (χ3v) is 6.31. The average Bonchev–Trinajstić information content (AvgIpc) is 2.68. The standard InChI is InChI=1S/C10H19N3O2S3/c1-4-5-18(14,15)8-9(11)13-17-10(8)12-6-7(2)16-3/h7,12H,4-6H2,1-3H3,(H2,11,13). The molecule has 0 aliphatic heterocycles. The molecule has 104 valence electrons. The first-order chi connectivity index (χ1) is 8.42. The average molecular weight is 309 g/mol. The van der Waals surface area contributed by atoms with E-state index in [1.165, 1.54) is 0 Å². The summed E-state index contributed by atoms with van der Waals surface area (Å²) in [4.78, 5) is 0.169. The second kappa shape index (κ2) is 6.63. The van der Waals surface area contributed by atoms with Crippen molar-refractivity contribution in [1.29, 1.82) is 0 Å². The Labute approximate surface area is 117 Å². The van der Waals surface area contributed by atoms with Crippen LogP contribution in [-0.4, -0.2) is 36.6 Å². The van der Waals surface area contributed by atoms with Crippen molar-refractivity contribution in [2.75, 3.05) is 29.6 Å². The number of thioether (sulfide) groups is 1. The Morgan fingerprint density at radius 1 is 1.56 bits per heavy atom. The fourth-order valence-corrected chi connectivity index (χ4v) is 4.27. The SMILES string of the molecule is CCCS(=O)(=O)c1c(N)nsc1NCC(C)SC. The van der Waals surface area contributed by atoms with Gasteiger partial charge in [-0.3, -0.25) is 0 Å². The van der Waals surface area contributed by atoms with Crippen molar-refractivity contribution in [3.05, 3.63) is 0 Å². The smallest absolute Gasteiger partial charge is 0.185 e. The molecule has 1 aromatic heterocycles. The minimum absolute atomic E-state index is 0.0996. The van der Waals surface area contributed by atoms with Gasteiger partial charge in [-0.2, -0.15) is 16.1 Å². The number of hydrogen-bond donors (Lipinski definition) is 2. The van der Waals surface area contributed by atoms with Crippen LogP contribution >= 0.6 is 23.3 Å².